The first-order chi connectivity index (χ1) is 7.49. The fourth-order valence-electron chi connectivity index (χ4n) is 1.24. The molecule has 1 N–H and O–H groups in total. The zero-order valence-electron chi connectivity index (χ0n) is 10.3. The molecule has 0 aromatic carbocycles. The van der Waals surface area contributed by atoms with Crippen LogP contribution in [0.5, 0.6) is 0 Å². The lowest BCUT2D eigenvalue weighted by Crippen LogP contribution is -2.31. The minimum Gasteiger partial charge on any atom is -0.369 e. The van der Waals surface area contributed by atoms with Gasteiger partial charge in [0.15, 0.2) is 0 Å². The lowest BCUT2D eigenvalue weighted by Gasteiger charge is -2.21. The van der Waals surface area contributed by atoms with E-state index in [1.165, 1.54) is 0 Å². The Labute approximate surface area is 102 Å². The molecule has 16 heavy (non-hydrogen) atoms. The van der Waals surface area contributed by atoms with Gasteiger partial charge in [0.25, 0.3) is 0 Å². The van der Waals surface area contributed by atoms with Crippen molar-refractivity contribution in [1.82, 2.24) is 14.9 Å². The Kier molecular flexibility index (Phi) is 4.96. The predicted octanol–water partition coefficient (Wildman–Crippen LogP) is 2.19. The fourth-order valence-corrected chi connectivity index (χ4v) is 1.47. The molecule has 0 aliphatic heterocycles. The van der Waals surface area contributed by atoms with E-state index in [0.717, 1.165) is 18.9 Å². The Morgan fingerprint density at radius 3 is 2.69 bits per heavy atom. The van der Waals surface area contributed by atoms with Gasteiger partial charge in [-0.15, -0.1) is 0 Å². The van der Waals surface area contributed by atoms with Gasteiger partial charge in [0.2, 0.25) is 0 Å². The van der Waals surface area contributed by atoms with Crippen molar-refractivity contribution in [2.24, 2.45) is 0 Å². The molecule has 1 heterocycles. The van der Waals surface area contributed by atoms with E-state index in [0.29, 0.717) is 17.0 Å². The maximum absolute atomic E-state index is 5.84. The van der Waals surface area contributed by atoms with E-state index in [2.05, 4.69) is 41.1 Å². The quantitative estimate of drug-likeness (QED) is 0.804. The van der Waals surface area contributed by atoms with Crippen molar-refractivity contribution in [3.05, 3.63) is 17.0 Å². The number of hydrogen-bond acceptors (Lipinski definition) is 4. The first-order valence-corrected chi connectivity index (χ1v) is 5.82. The lowest BCUT2D eigenvalue weighted by molar-refractivity contribution is 0.284. The van der Waals surface area contributed by atoms with Crippen LogP contribution in [0, 0.1) is 6.92 Å². The van der Waals surface area contributed by atoms with Crippen LogP contribution in [-0.4, -0.2) is 41.0 Å². The highest BCUT2D eigenvalue weighted by Crippen LogP contribution is 2.10. The van der Waals surface area contributed by atoms with Gasteiger partial charge in [0, 0.05) is 25.2 Å². The molecule has 0 aliphatic carbocycles. The van der Waals surface area contributed by atoms with Gasteiger partial charge >= 0.3 is 0 Å². The SMILES string of the molecule is Cc1nc(Cl)cc(NCCN(C)C(C)C)n1. The molecule has 5 heteroatoms. The first-order valence-electron chi connectivity index (χ1n) is 5.44. The van der Waals surface area contributed by atoms with E-state index in [4.69, 9.17) is 11.6 Å². The number of rotatable bonds is 5. The molecule has 0 unspecified atom stereocenters. The first kappa shape index (κ1) is 13.2. The predicted molar refractivity (Wildman–Crippen MR) is 68.0 cm³/mol. The van der Waals surface area contributed by atoms with Crippen LogP contribution < -0.4 is 5.32 Å². The average molecular weight is 243 g/mol. The highest BCUT2D eigenvalue weighted by molar-refractivity contribution is 6.29. The minimum atomic E-state index is 0.479. The second-order valence-corrected chi connectivity index (χ2v) is 4.51. The third kappa shape index (κ3) is 4.33. The molecule has 90 valence electrons. The van der Waals surface area contributed by atoms with E-state index >= 15 is 0 Å². The Morgan fingerprint density at radius 2 is 2.12 bits per heavy atom. The summed E-state index contributed by atoms with van der Waals surface area (Å²) in [6, 6.07) is 2.29. The highest BCUT2D eigenvalue weighted by atomic mass is 35.5. The molecule has 1 rings (SSSR count). The second kappa shape index (κ2) is 6.01. The van der Waals surface area contributed by atoms with Crippen LogP contribution in [0.15, 0.2) is 6.07 Å². The molecule has 0 spiro atoms. The van der Waals surface area contributed by atoms with E-state index in [1.807, 2.05) is 6.92 Å². The van der Waals surface area contributed by atoms with Crippen molar-refractivity contribution < 1.29 is 0 Å². The molecule has 0 atom stereocenters. The molecular formula is C11H19ClN4. The van der Waals surface area contributed by atoms with Gasteiger partial charge in [-0.2, -0.15) is 0 Å². The molecule has 1 aromatic heterocycles. The summed E-state index contributed by atoms with van der Waals surface area (Å²) in [6.45, 7) is 7.99. The normalized spacial score (nSPS) is 11.2. The van der Waals surface area contributed by atoms with Gasteiger partial charge in [0.05, 0.1) is 0 Å². The van der Waals surface area contributed by atoms with Crippen LogP contribution in [0.4, 0.5) is 5.82 Å². The third-order valence-corrected chi connectivity index (χ3v) is 2.65. The summed E-state index contributed by atoms with van der Waals surface area (Å²) in [5.41, 5.74) is 0. The maximum Gasteiger partial charge on any atom is 0.134 e. The molecule has 0 saturated carbocycles. The Bertz CT molecular complexity index is 321. The van der Waals surface area contributed by atoms with Crippen molar-refractivity contribution in [2.75, 3.05) is 25.5 Å². The van der Waals surface area contributed by atoms with Crippen LogP contribution in [-0.2, 0) is 0 Å². The highest BCUT2D eigenvalue weighted by Gasteiger charge is 2.03. The second-order valence-electron chi connectivity index (χ2n) is 4.12. The molecule has 0 bridgehead atoms. The van der Waals surface area contributed by atoms with Crippen LogP contribution in [0.3, 0.4) is 0 Å². The summed E-state index contributed by atoms with van der Waals surface area (Å²) < 4.78 is 0. The Hall–Kier alpha value is -0.870. The van der Waals surface area contributed by atoms with Gasteiger partial charge in [-0.25, -0.2) is 9.97 Å². The number of hydrogen-bond donors (Lipinski definition) is 1. The van der Waals surface area contributed by atoms with Gasteiger partial charge in [0.1, 0.15) is 16.8 Å². The van der Waals surface area contributed by atoms with Crippen molar-refractivity contribution in [2.45, 2.75) is 26.8 Å². The van der Waals surface area contributed by atoms with E-state index in [-0.39, 0.29) is 0 Å². The lowest BCUT2D eigenvalue weighted by atomic mass is 10.3. The van der Waals surface area contributed by atoms with Crippen molar-refractivity contribution in [3.63, 3.8) is 0 Å². The largest absolute Gasteiger partial charge is 0.369 e. The standard InChI is InChI=1S/C11H19ClN4/c1-8(2)16(4)6-5-13-11-7-10(12)14-9(3)15-11/h7-8H,5-6H2,1-4H3,(H,13,14,15). The van der Waals surface area contributed by atoms with Gasteiger partial charge in [-0.1, -0.05) is 11.6 Å². The van der Waals surface area contributed by atoms with Crippen LogP contribution in [0.1, 0.15) is 19.7 Å². The van der Waals surface area contributed by atoms with Gasteiger partial charge < -0.3 is 10.2 Å². The summed E-state index contributed by atoms with van der Waals surface area (Å²) in [5, 5.41) is 3.71. The molecule has 0 aliphatic rings. The number of aromatic nitrogens is 2. The maximum atomic E-state index is 5.84. The summed E-state index contributed by atoms with van der Waals surface area (Å²) in [6.07, 6.45) is 0. The molecule has 0 saturated heterocycles. The van der Waals surface area contributed by atoms with Gasteiger partial charge in [-0.05, 0) is 27.8 Å². The van der Waals surface area contributed by atoms with E-state index < -0.39 is 0 Å². The van der Waals surface area contributed by atoms with E-state index in [1.54, 1.807) is 6.07 Å². The molecule has 0 fully saturated rings. The zero-order valence-corrected chi connectivity index (χ0v) is 11.0. The van der Waals surface area contributed by atoms with Crippen LogP contribution in [0.25, 0.3) is 0 Å². The number of aryl methyl sites for hydroxylation is 1. The number of anilines is 1. The number of nitrogens with one attached hydrogen (secondary N) is 1. The summed E-state index contributed by atoms with van der Waals surface area (Å²) in [7, 11) is 2.10. The molecule has 1 aromatic rings. The zero-order chi connectivity index (χ0) is 12.1. The minimum absolute atomic E-state index is 0.479. The number of nitrogens with zero attached hydrogens (tertiary/aromatic N) is 3. The topological polar surface area (TPSA) is 41.1 Å². The molecule has 0 amide bonds. The van der Waals surface area contributed by atoms with Crippen molar-refractivity contribution in [3.8, 4) is 0 Å². The monoisotopic (exact) mass is 242 g/mol. The summed E-state index contributed by atoms with van der Waals surface area (Å²) in [5.74, 6) is 1.47. The number of likely N-dealkylation sites (N-methyl/N-ethyl adjacent to an activating group) is 1. The van der Waals surface area contributed by atoms with E-state index in [9.17, 15) is 0 Å². The molecular weight excluding hydrogens is 224 g/mol. The third-order valence-electron chi connectivity index (χ3n) is 2.46. The fraction of sp³-hybridized carbons (Fsp3) is 0.636. The van der Waals surface area contributed by atoms with Crippen LogP contribution >= 0.6 is 11.6 Å². The van der Waals surface area contributed by atoms with Gasteiger partial charge in [-0.3, -0.25) is 0 Å². The summed E-state index contributed by atoms with van der Waals surface area (Å²) in [4.78, 5) is 10.5. The summed E-state index contributed by atoms with van der Waals surface area (Å²) >= 11 is 5.84. The molecule has 4 nitrogen and oxygen atoms in total. The Balaban J connectivity index is 2.43. The molecule has 0 radical (unpaired) electrons. The smallest absolute Gasteiger partial charge is 0.134 e. The van der Waals surface area contributed by atoms with Crippen molar-refractivity contribution in [1.29, 1.82) is 0 Å². The van der Waals surface area contributed by atoms with Crippen LogP contribution in [0.2, 0.25) is 5.15 Å². The Morgan fingerprint density at radius 1 is 1.44 bits per heavy atom. The average Bonchev–Trinajstić information content (AvgIpc) is 2.15. The van der Waals surface area contributed by atoms with Crippen molar-refractivity contribution >= 4 is 17.4 Å². The number of halogens is 1.